The molecule has 0 bridgehead atoms. The van der Waals surface area contributed by atoms with Crippen molar-refractivity contribution in [1.82, 2.24) is 0 Å². The smallest absolute Gasteiger partial charge is 0.130 e. The third-order valence-corrected chi connectivity index (χ3v) is 4.52. The van der Waals surface area contributed by atoms with E-state index in [4.69, 9.17) is 9.47 Å². The molecule has 0 aliphatic heterocycles. The Morgan fingerprint density at radius 2 is 1.00 bits per heavy atom. The summed E-state index contributed by atoms with van der Waals surface area (Å²) in [6.45, 7) is 3.90. The van der Waals surface area contributed by atoms with Gasteiger partial charge in [-0.2, -0.15) is 0 Å². The maximum atomic E-state index is 10.6. The highest BCUT2D eigenvalue weighted by molar-refractivity contribution is 5.29. The number of hydrogen-bond acceptors (Lipinski definition) is 4. The van der Waals surface area contributed by atoms with E-state index in [9.17, 15) is 10.2 Å². The Bertz CT molecular complexity index is 584. The summed E-state index contributed by atoms with van der Waals surface area (Å²) in [6.07, 6.45) is -1.26. The number of ether oxygens (including phenoxy) is 2. The number of methoxy groups -OCH3 is 2. The Kier molecular flexibility index (Phi) is 6.82. The highest BCUT2D eigenvalue weighted by atomic mass is 16.5. The molecule has 5 heteroatoms. The highest BCUT2D eigenvalue weighted by Gasteiger charge is 2.26. The molecule has 0 aliphatic rings. The third kappa shape index (κ3) is 4.95. The first kappa shape index (κ1) is 19.2. The van der Waals surface area contributed by atoms with E-state index in [1.807, 2.05) is 67.7 Å². The van der Waals surface area contributed by atoms with Gasteiger partial charge in [0, 0.05) is 0 Å². The molecule has 0 heterocycles. The van der Waals surface area contributed by atoms with Crippen molar-refractivity contribution in [1.29, 1.82) is 0 Å². The normalized spacial score (nSPS) is 15.9. The largest absolute Gasteiger partial charge is 0.497 e. The van der Waals surface area contributed by atoms with E-state index in [-0.39, 0.29) is 12.1 Å². The lowest BCUT2D eigenvalue weighted by molar-refractivity contribution is -0.730. The number of rotatable bonds is 8. The maximum absolute atomic E-state index is 10.6. The molecule has 0 amide bonds. The van der Waals surface area contributed by atoms with Gasteiger partial charge >= 0.3 is 0 Å². The van der Waals surface area contributed by atoms with Gasteiger partial charge in [0.1, 0.15) is 35.8 Å². The molecule has 0 fully saturated rings. The lowest BCUT2D eigenvalue weighted by Gasteiger charge is -2.25. The van der Waals surface area contributed by atoms with Gasteiger partial charge in [-0.05, 0) is 49.2 Å². The summed E-state index contributed by atoms with van der Waals surface area (Å²) in [4.78, 5) is 0. The Balaban J connectivity index is 1.98. The van der Waals surface area contributed by atoms with Crippen LogP contribution in [0.4, 0.5) is 0 Å². The van der Waals surface area contributed by atoms with Crippen LogP contribution in [0.3, 0.4) is 0 Å². The monoisotopic (exact) mass is 346 g/mol. The molecule has 2 aromatic carbocycles. The van der Waals surface area contributed by atoms with Crippen LogP contribution in [-0.4, -0.2) is 36.5 Å². The molecule has 136 valence electrons. The standard InChI is InChI=1S/C20H27NO4/c1-13(19(22)15-5-9-17(24-3)10-6-15)21-14(2)20(23)16-7-11-18(25-4)12-8-16/h5-14,19-23H,1-4H3/p+1/t13-,14+,19-,20-/m0/s1. The first-order valence-electron chi connectivity index (χ1n) is 8.45. The summed E-state index contributed by atoms with van der Waals surface area (Å²) in [7, 11) is 3.23. The van der Waals surface area contributed by atoms with Gasteiger partial charge < -0.3 is 25.0 Å². The SMILES string of the molecule is COc1ccc([C@@H](O)[C@H](C)[NH2+][C@H](C)[C@H](O)c2ccc(OC)cc2)cc1. The van der Waals surface area contributed by atoms with Crippen LogP contribution in [0, 0.1) is 0 Å². The average molecular weight is 346 g/mol. The van der Waals surface area contributed by atoms with Crippen LogP contribution >= 0.6 is 0 Å². The molecule has 25 heavy (non-hydrogen) atoms. The van der Waals surface area contributed by atoms with Gasteiger partial charge in [-0.3, -0.25) is 0 Å². The fraction of sp³-hybridized carbons (Fsp3) is 0.400. The molecule has 2 aromatic rings. The zero-order chi connectivity index (χ0) is 18.4. The molecule has 0 radical (unpaired) electrons. The maximum Gasteiger partial charge on any atom is 0.130 e. The van der Waals surface area contributed by atoms with Crippen LogP contribution in [0.15, 0.2) is 48.5 Å². The molecular weight excluding hydrogens is 318 g/mol. The third-order valence-electron chi connectivity index (χ3n) is 4.52. The molecule has 5 nitrogen and oxygen atoms in total. The fourth-order valence-electron chi connectivity index (χ4n) is 2.90. The molecule has 4 atom stereocenters. The number of benzene rings is 2. The van der Waals surface area contributed by atoms with Gasteiger partial charge in [0.2, 0.25) is 0 Å². The number of aliphatic hydroxyl groups excluding tert-OH is 2. The van der Waals surface area contributed by atoms with Crippen molar-refractivity contribution in [3.8, 4) is 11.5 Å². The van der Waals surface area contributed by atoms with E-state index in [1.165, 1.54) is 0 Å². The summed E-state index contributed by atoms with van der Waals surface area (Å²) in [5.41, 5.74) is 1.66. The molecular formula is C20H28NO4+. The van der Waals surface area contributed by atoms with Gasteiger partial charge in [0.25, 0.3) is 0 Å². The van der Waals surface area contributed by atoms with Gasteiger partial charge in [-0.1, -0.05) is 24.3 Å². The van der Waals surface area contributed by atoms with Crippen molar-refractivity contribution < 1.29 is 25.0 Å². The van der Waals surface area contributed by atoms with Crippen molar-refractivity contribution in [2.24, 2.45) is 0 Å². The van der Waals surface area contributed by atoms with Crippen LogP contribution in [0.5, 0.6) is 11.5 Å². The molecule has 0 spiro atoms. The predicted octanol–water partition coefficient (Wildman–Crippen LogP) is 1.81. The second-order valence-electron chi connectivity index (χ2n) is 6.35. The van der Waals surface area contributed by atoms with E-state index >= 15 is 0 Å². The van der Waals surface area contributed by atoms with Crippen LogP contribution in [0.1, 0.15) is 37.2 Å². The Morgan fingerprint density at radius 3 is 1.28 bits per heavy atom. The molecule has 0 saturated carbocycles. The lowest BCUT2D eigenvalue weighted by atomic mass is 9.99. The molecule has 0 saturated heterocycles. The second-order valence-corrected chi connectivity index (χ2v) is 6.35. The summed E-state index contributed by atoms with van der Waals surface area (Å²) < 4.78 is 10.3. The fourth-order valence-corrected chi connectivity index (χ4v) is 2.90. The Morgan fingerprint density at radius 1 is 0.680 bits per heavy atom. The van der Waals surface area contributed by atoms with Crippen molar-refractivity contribution >= 4 is 0 Å². The van der Waals surface area contributed by atoms with E-state index in [2.05, 4.69) is 0 Å². The number of nitrogens with two attached hydrogens (primary N) is 1. The summed E-state index contributed by atoms with van der Waals surface area (Å²) in [5, 5.41) is 23.1. The van der Waals surface area contributed by atoms with Crippen LogP contribution < -0.4 is 14.8 Å². The average Bonchev–Trinajstić information content (AvgIpc) is 2.66. The highest BCUT2D eigenvalue weighted by Crippen LogP contribution is 2.21. The quantitative estimate of drug-likeness (QED) is 0.681. The van der Waals surface area contributed by atoms with E-state index in [0.29, 0.717) is 0 Å². The Labute approximate surface area is 149 Å². The van der Waals surface area contributed by atoms with Crippen molar-refractivity contribution in [2.45, 2.75) is 38.1 Å². The minimum absolute atomic E-state index is 0.101. The zero-order valence-electron chi connectivity index (χ0n) is 15.2. The van der Waals surface area contributed by atoms with Crippen molar-refractivity contribution in [3.05, 3.63) is 59.7 Å². The lowest BCUT2D eigenvalue weighted by Crippen LogP contribution is -2.95. The van der Waals surface area contributed by atoms with Gasteiger partial charge in [0.15, 0.2) is 0 Å². The van der Waals surface area contributed by atoms with Gasteiger partial charge in [0.05, 0.1) is 14.2 Å². The van der Waals surface area contributed by atoms with Crippen LogP contribution in [0.2, 0.25) is 0 Å². The summed E-state index contributed by atoms with van der Waals surface area (Å²) >= 11 is 0. The van der Waals surface area contributed by atoms with E-state index < -0.39 is 12.2 Å². The number of aliphatic hydroxyl groups is 2. The van der Waals surface area contributed by atoms with E-state index in [0.717, 1.165) is 22.6 Å². The van der Waals surface area contributed by atoms with Crippen molar-refractivity contribution in [2.75, 3.05) is 14.2 Å². The number of quaternary nitrogens is 1. The zero-order valence-corrected chi connectivity index (χ0v) is 15.2. The molecule has 4 N–H and O–H groups in total. The van der Waals surface area contributed by atoms with Crippen LogP contribution in [0.25, 0.3) is 0 Å². The number of hydrogen-bond donors (Lipinski definition) is 3. The minimum Gasteiger partial charge on any atom is -0.497 e. The molecule has 0 aromatic heterocycles. The first-order valence-corrected chi connectivity index (χ1v) is 8.45. The Hall–Kier alpha value is -2.08. The molecule has 0 unspecified atom stereocenters. The molecule has 0 aliphatic carbocycles. The van der Waals surface area contributed by atoms with Gasteiger partial charge in [-0.15, -0.1) is 0 Å². The summed E-state index contributed by atoms with van der Waals surface area (Å²) in [5.74, 6) is 1.52. The molecule has 2 rings (SSSR count). The van der Waals surface area contributed by atoms with Crippen molar-refractivity contribution in [3.63, 3.8) is 0 Å². The topological polar surface area (TPSA) is 75.5 Å². The summed E-state index contributed by atoms with van der Waals surface area (Å²) in [6, 6.07) is 14.6. The van der Waals surface area contributed by atoms with E-state index in [1.54, 1.807) is 14.2 Å². The van der Waals surface area contributed by atoms with Gasteiger partial charge in [-0.25, -0.2) is 0 Å². The second kappa shape index (κ2) is 8.85. The first-order chi connectivity index (χ1) is 12.0. The van der Waals surface area contributed by atoms with Crippen LogP contribution in [-0.2, 0) is 0 Å². The minimum atomic E-state index is -0.628. The predicted molar refractivity (Wildman–Crippen MR) is 96.8 cm³/mol.